The fourth-order valence-corrected chi connectivity index (χ4v) is 6.82. The Bertz CT molecular complexity index is 1420. The van der Waals surface area contributed by atoms with Crippen LogP contribution in [0.5, 0.6) is 5.88 Å². The van der Waals surface area contributed by atoms with Crippen molar-refractivity contribution in [2.24, 2.45) is 11.3 Å². The summed E-state index contributed by atoms with van der Waals surface area (Å²) in [5.41, 5.74) is 3.52. The molecule has 3 N–H and O–H groups in total. The molecule has 6 rings (SSSR count). The van der Waals surface area contributed by atoms with Crippen molar-refractivity contribution < 1.29 is 19.0 Å². The van der Waals surface area contributed by atoms with E-state index in [9.17, 15) is 14.3 Å². The number of ether oxygens (including phenoxy) is 1. The van der Waals surface area contributed by atoms with E-state index in [1.54, 1.807) is 6.20 Å². The first kappa shape index (κ1) is 29.2. The Morgan fingerprint density at radius 1 is 1.19 bits per heavy atom. The zero-order valence-electron chi connectivity index (χ0n) is 24.7. The highest BCUT2D eigenvalue weighted by Crippen LogP contribution is 2.48. The number of thiazole rings is 1. The van der Waals surface area contributed by atoms with E-state index < -0.39 is 12.1 Å². The molecule has 0 saturated heterocycles. The van der Waals surface area contributed by atoms with Crippen molar-refractivity contribution in [3.63, 3.8) is 0 Å². The lowest BCUT2D eigenvalue weighted by atomic mass is 9.73. The smallest absolute Gasteiger partial charge is 0.223 e. The minimum absolute atomic E-state index is 0.000736. The van der Waals surface area contributed by atoms with Crippen LogP contribution < -0.4 is 15.4 Å². The van der Waals surface area contributed by atoms with Gasteiger partial charge in [-0.1, -0.05) is 20.8 Å². The van der Waals surface area contributed by atoms with Gasteiger partial charge in [0.2, 0.25) is 11.8 Å². The van der Waals surface area contributed by atoms with Gasteiger partial charge in [0.05, 0.1) is 12.1 Å². The lowest BCUT2D eigenvalue weighted by molar-refractivity contribution is -0.123. The van der Waals surface area contributed by atoms with Crippen molar-refractivity contribution in [3.05, 3.63) is 64.5 Å². The molecule has 3 heterocycles. The Morgan fingerprint density at radius 3 is 2.67 bits per heavy atom. The maximum Gasteiger partial charge on any atom is 0.223 e. The first-order valence-electron chi connectivity index (χ1n) is 15.1. The number of amides is 1. The third-order valence-electron chi connectivity index (χ3n) is 8.61. The van der Waals surface area contributed by atoms with Crippen LogP contribution in [-0.2, 0) is 17.6 Å². The Morgan fingerprint density at radius 2 is 2.00 bits per heavy atom. The molecule has 3 aromatic rings. The van der Waals surface area contributed by atoms with Gasteiger partial charge in [0.15, 0.2) is 0 Å². The van der Waals surface area contributed by atoms with Crippen LogP contribution in [0.3, 0.4) is 0 Å². The second-order valence-corrected chi connectivity index (χ2v) is 14.5. The number of aliphatic hydroxyl groups is 1. The highest BCUT2D eigenvalue weighted by Gasteiger charge is 2.46. The topological polar surface area (TPSA) is 96.4 Å². The van der Waals surface area contributed by atoms with Gasteiger partial charge in [-0.25, -0.2) is 14.4 Å². The van der Waals surface area contributed by atoms with Crippen LogP contribution in [-0.4, -0.2) is 45.3 Å². The Labute approximate surface area is 251 Å². The molecule has 1 aromatic carbocycles. The van der Waals surface area contributed by atoms with Gasteiger partial charge in [-0.05, 0) is 85.8 Å². The van der Waals surface area contributed by atoms with Gasteiger partial charge in [0.25, 0.3) is 0 Å². The molecular weight excluding hydrogens is 551 g/mol. The highest BCUT2D eigenvalue weighted by molar-refractivity contribution is 7.13. The molecule has 2 saturated carbocycles. The largest absolute Gasteiger partial charge is 0.471 e. The third-order valence-corrected chi connectivity index (χ3v) is 9.43. The number of hydrogen-bond acceptors (Lipinski definition) is 7. The van der Waals surface area contributed by atoms with Crippen molar-refractivity contribution in [1.29, 1.82) is 0 Å². The van der Waals surface area contributed by atoms with E-state index in [0.29, 0.717) is 23.4 Å². The van der Waals surface area contributed by atoms with Crippen molar-refractivity contribution >= 4 is 17.2 Å². The average molecular weight is 593 g/mol. The van der Waals surface area contributed by atoms with Gasteiger partial charge in [0, 0.05) is 53.8 Å². The molecule has 1 spiro atoms. The van der Waals surface area contributed by atoms with Gasteiger partial charge in [-0.2, -0.15) is 0 Å². The number of aliphatic hydroxyl groups excluding tert-OH is 1. The van der Waals surface area contributed by atoms with Crippen LogP contribution >= 0.6 is 11.3 Å². The SMILES string of the molecule is CC(C)(C)Cc1cnc2c(c1)[C@@H](NC[C@@H](O)[C@H](Cc1cc(F)cc(-c3nccs3)c1)NC(=O)C1CC1)CC1(CCC1)O2. The summed E-state index contributed by atoms with van der Waals surface area (Å²) in [4.78, 5) is 21.9. The number of carbonyl (C=O) groups is 1. The van der Waals surface area contributed by atoms with Gasteiger partial charge in [-0.15, -0.1) is 11.3 Å². The normalized spacial score (nSPS) is 20.7. The van der Waals surface area contributed by atoms with E-state index in [2.05, 4.69) is 42.5 Å². The van der Waals surface area contributed by atoms with E-state index in [-0.39, 0.29) is 41.2 Å². The standard InChI is InChI=1S/C33H41FN4O3S/c1-32(2,3)16-21-13-25-27(17-33(7-4-8-33)41-30(25)37-18-21)36-19-28(39)26(38-29(40)22-5-6-22)14-20-11-23(15-24(34)12-20)31-35-9-10-42-31/h9-13,15,18,22,26-28,36,39H,4-8,14,16-17,19H2,1-3H3,(H,38,40)/t26-,27-,28+/m0/s1. The lowest BCUT2D eigenvalue weighted by Gasteiger charge is -2.47. The summed E-state index contributed by atoms with van der Waals surface area (Å²) in [5, 5.41) is 20.8. The van der Waals surface area contributed by atoms with E-state index >= 15 is 0 Å². The minimum Gasteiger partial charge on any atom is -0.471 e. The van der Waals surface area contributed by atoms with Crippen molar-refractivity contribution in [2.75, 3.05) is 6.54 Å². The number of rotatable bonds is 10. The van der Waals surface area contributed by atoms with E-state index in [0.717, 1.165) is 55.5 Å². The Hall–Kier alpha value is -2.88. The summed E-state index contributed by atoms with van der Waals surface area (Å²) >= 11 is 1.45. The zero-order valence-corrected chi connectivity index (χ0v) is 25.5. The number of aromatic nitrogens is 2. The van der Waals surface area contributed by atoms with Crippen LogP contribution in [0.15, 0.2) is 42.0 Å². The monoisotopic (exact) mass is 592 g/mol. The molecule has 1 amide bonds. The average Bonchev–Trinajstić information content (AvgIpc) is 3.62. The van der Waals surface area contributed by atoms with E-state index in [4.69, 9.17) is 9.72 Å². The summed E-state index contributed by atoms with van der Waals surface area (Å²) in [5.74, 6) is 0.273. The molecule has 2 aliphatic carbocycles. The Kier molecular flexibility index (Phi) is 8.11. The maximum atomic E-state index is 14.6. The number of carbonyl (C=O) groups excluding carboxylic acids is 1. The molecule has 224 valence electrons. The van der Waals surface area contributed by atoms with Gasteiger partial charge in [-0.3, -0.25) is 4.79 Å². The number of nitrogens with one attached hydrogen (secondary N) is 2. The van der Waals surface area contributed by atoms with Crippen LogP contribution in [0.2, 0.25) is 0 Å². The van der Waals surface area contributed by atoms with E-state index in [1.807, 2.05) is 17.6 Å². The van der Waals surface area contributed by atoms with Crippen molar-refractivity contribution in [2.45, 2.75) is 95.9 Å². The molecule has 0 unspecified atom stereocenters. The fraction of sp³-hybridized carbons (Fsp3) is 0.545. The van der Waals surface area contributed by atoms with Crippen LogP contribution in [0.25, 0.3) is 10.6 Å². The summed E-state index contributed by atoms with van der Waals surface area (Å²) in [6.45, 7) is 6.92. The molecule has 3 aliphatic rings. The van der Waals surface area contributed by atoms with Gasteiger partial charge >= 0.3 is 0 Å². The molecule has 7 nitrogen and oxygen atoms in total. The molecular formula is C33H41FN4O3S. The summed E-state index contributed by atoms with van der Waals surface area (Å²) < 4.78 is 21.1. The molecule has 42 heavy (non-hydrogen) atoms. The predicted molar refractivity (Wildman–Crippen MR) is 162 cm³/mol. The molecule has 0 bridgehead atoms. The summed E-state index contributed by atoms with van der Waals surface area (Å²) in [7, 11) is 0. The maximum absolute atomic E-state index is 14.6. The third kappa shape index (κ3) is 6.84. The van der Waals surface area contributed by atoms with Crippen LogP contribution in [0.1, 0.15) is 82.0 Å². The molecule has 3 atom stereocenters. The highest BCUT2D eigenvalue weighted by atomic mass is 32.1. The molecule has 0 radical (unpaired) electrons. The van der Waals surface area contributed by atoms with Gasteiger partial charge in [0.1, 0.15) is 16.4 Å². The van der Waals surface area contributed by atoms with Gasteiger partial charge < -0.3 is 20.5 Å². The number of halogens is 1. The van der Waals surface area contributed by atoms with Crippen LogP contribution in [0.4, 0.5) is 4.39 Å². The molecule has 1 aliphatic heterocycles. The number of nitrogens with zero attached hydrogens (tertiary/aromatic N) is 2. The van der Waals surface area contributed by atoms with Crippen molar-refractivity contribution in [1.82, 2.24) is 20.6 Å². The first-order valence-corrected chi connectivity index (χ1v) is 16.0. The quantitative estimate of drug-likeness (QED) is 0.277. The molecule has 2 aromatic heterocycles. The molecule has 9 heteroatoms. The predicted octanol–water partition coefficient (Wildman–Crippen LogP) is 5.77. The number of hydrogen-bond donors (Lipinski definition) is 3. The second kappa shape index (κ2) is 11.7. The van der Waals surface area contributed by atoms with E-state index in [1.165, 1.54) is 29.0 Å². The second-order valence-electron chi connectivity index (χ2n) is 13.6. The molecule has 2 fully saturated rings. The minimum atomic E-state index is -0.881. The summed E-state index contributed by atoms with van der Waals surface area (Å²) in [6.07, 6.45) is 9.64. The lowest BCUT2D eigenvalue weighted by Crippen LogP contribution is -2.52. The number of pyridine rings is 1. The van der Waals surface area contributed by atoms with Crippen molar-refractivity contribution in [3.8, 4) is 16.5 Å². The summed E-state index contributed by atoms with van der Waals surface area (Å²) in [6, 6.07) is 6.45. The zero-order chi connectivity index (χ0) is 29.5. The number of fused-ring (bicyclic) bond motifs is 1. The fourth-order valence-electron chi connectivity index (χ4n) is 6.19. The first-order chi connectivity index (χ1) is 20.1. The Balaban J connectivity index is 1.21. The van der Waals surface area contributed by atoms with Crippen LogP contribution in [0, 0.1) is 17.2 Å². The number of benzene rings is 1.